The zero-order valence-corrected chi connectivity index (χ0v) is 22.0. The third kappa shape index (κ3) is 7.30. The summed E-state index contributed by atoms with van der Waals surface area (Å²) in [6.45, 7) is 3.15. The molecule has 6 N–H and O–H groups in total. The molecule has 3 aromatic rings. The summed E-state index contributed by atoms with van der Waals surface area (Å²) in [6.07, 6.45) is 2.77. The van der Waals surface area contributed by atoms with Crippen LogP contribution in [0.3, 0.4) is 0 Å². The number of nitrogens with zero attached hydrogens (tertiary/aromatic N) is 2. The summed E-state index contributed by atoms with van der Waals surface area (Å²) < 4.78 is 13.1. The van der Waals surface area contributed by atoms with Gasteiger partial charge < -0.3 is 26.3 Å². The first-order valence-corrected chi connectivity index (χ1v) is 12.9. The molecule has 2 amide bonds. The molecular formula is C29H36FN7O. The lowest BCUT2D eigenvalue weighted by Gasteiger charge is -2.17. The predicted molar refractivity (Wildman–Crippen MR) is 153 cm³/mol. The third-order valence-electron chi connectivity index (χ3n) is 6.59. The number of anilines is 2. The number of benzene rings is 3. The maximum Gasteiger partial charge on any atom is 0.319 e. The summed E-state index contributed by atoms with van der Waals surface area (Å²) in [5.74, 6) is 5.99. The first-order valence-electron chi connectivity index (χ1n) is 12.9. The Morgan fingerprint density at radius 3 is 2.66 bits per heavy atom. The first kappa shape index (κ1) is 27.1. The van der Waals surface area contributed by atoms with E-state index in [9.17, 15) is 9.18 Å². The Labute approximate surface area is 223 Å². The van der Waals surface area contributed by atoms with Crippen LogP contribution in [0.4, 0.5) is 20.6 Å². The average Bonchev–Trinajstić information content (AvgIpc) is 3.38. The molecule has 0 fully saturated rings. The molecule has 0 atom stereocenters. The summed E-state index contributed by atoms with van der Waals surface area (Å²) in [4.78, 5) is 19.1. The molecule has 200 valence electrons. The van der Waals surface area contributed by atoms with Gasteiger partial charge in [0.1, 0.15) is 11.7 Å². The summed E-state index contributed by atoms with van der Waals surface area (Å²) >= 11 is 0. The van der Waals surface area contributed by atoms with Crippen molar-refractivity contribution in [2.24, 2.45) is 10.8 Å². The van der Waals surface area contributed by atoms with Crippen LogP contribution < -0.4 is 27.2 Å². The highest BCUT2D eigenvalue weighted by Crippen LogP contribution is 2.31. The lowest BCUT2D eigenvalue weighted by Crippen LogP contribution is -2.32. The number of amides is 2. The molecule has 0 radical (unpaired) electrons. The molecule has 38 heavy (non-hydrogen) atoms. The van der Waals surface area contributed by atoms with Gasteiger partial charge in [0.05, 0.1) is 0 Å². The minimum atomic E-state index is -0.262. The van der Waals surface area contributed by atoms with Crippen molar-refractivity contribution < 1.29 is 9.18 Å². The van der Waals surface area contributed by atoms with E-state index in [-0.39, 0.29) is 11.8 Å². The van der Waals surface area contributed by atoms with Gasteiger partial charge in [0.2, 0.25) is 0 Å². The van der Waals surface area contributed by atoms with Gasteiger partial charge in [-0.05, 0) is 97.6 Å². The van der Waals surface area contributed by atoms with Crippen LogP contribution in [0.5, 0.6) is 0 Å². The Bertz CT molecular complexity index is 1280. The second kappa shape index (κ2) is 13.0. The second-order valence-electron chi connectivity index (χ2n) is 9.52. The van der Waals surface area contributed by atoms with Crippen LogP contribution in [0.1, 0.15) is 29.5 Å². The number of amidine groups is 1. The van der Waals surface area contributed by atoms with Crippen LogP contribution >= 0.6 is 0 Å². The van der Waals surface area contributed by atoms with Crippen LogP contribution in [-0.4, -0.2) is 50.5 Å². The predicted octanol–water partition coefficient (Wildman–Crippen LogP) is 4.33. The van der Waals surface area contributed by atoms with Gasteiger partial charge in [0.15, 0.2) is 0 Å². The van der Waals surface area contributed by atoms with Crippen LogP contribution in [-0.2, 0) is 13.0 Å². The molecule has 3 aromatic carbocycles. The van der Waals surface area contributed by atoms with E-state index in [1.165, 1.54) is 23.4 Å². The summed E-state index contributed by atoms with van der Waals surface area (Å²) in [7, 11) is 3.70. The van der Waals surface area contributed by atoms with Crippen molar-refractivity contribution >= 4 is 23.2 Å². The molecule has 0 saturated heterocycles. The molecule has 0 bridgehead atoms. The molecular weight excluding hydrogens is 481 g/mol. The molecule has 0 spiro atoms. The number of hydrogen-bond donors (Lipinski definition) is 5. The van der Waals surface area contributed by atoms with Gasteiger partial charge in [-0.2, -0.15) is 0 Å². The normalized spacial score (nSPS) is 12.7. The molecule has 1 aliphatic heterocycles. The summed E-state index contributed by atoms with van der Waals surface area (Å²) in [5, 5.41) is 9.28. The molecule has 8 nitrogen and oxygen atoms in total. The van der Waals surface area contributed by atoms with Crippen LogP contribution in [0, 0.1) is 5.82 Å². The fourth-order valence-corrected chi connectivity index (χ4v) is 4.63. The quantitative estimate of drug-likeness (QED) is 0.0905. The van der Waals surface area contributed by atoms with E-state index in [0.29, 0.717) is 18.1 Å². The van der Waals surface area contributed by atoms with E-state index >= 15 is 0 Å². The van der Waals surface area contributed by atoms with Crippen molar-refractivity contribution in [1.29, 1.82) is 0 Å². The molecule has 0 aliphatic carbocycles. The fraction of sp³-hybridized carbons (Fsp3) is 0.310. The number of aliphatic imine (C=N–C) groups is 1. The Morgan fingerprint density at radius 1 is 1.08 bits per heavy atom. The number of rotatable bonds is 10. The van der Waals surface area contributed by atoms with E-state index in [1.807, 2.05) is 25.2 Å². The first-order chi connectivity index (χ1) is 18.4. The number of nitrogens with one attached hydrogen (secondary N) is 4. The Balaban J connectivity index is 1.32. The van der Waals surface area contributed by atoms with Gasteiger partial charge in [0, 0.05) is 43.6 Å². The van der Waals surface area contributed by atoms with E-state index < -0.39 is 0 Å². The average molecular weight is 518 g/mol. The topological polar surface area (TPSA) is 107 Å². The third-order valence-corrected chi connectivity index (χ3v) is 6.59. The van der Waals surface area contributed by atoms with Gasteiger partial charge in [-0.25, -0.2) is 15.0 Å². The molecule has 0 saturated carbocycles. The summed E-state index contributed by atoms with van der Waals surface area (Å²) in [6, 6.07) is 18.5. The molecule has 1 aliphatic rings. The molecule has 1 heterocycles. The number of hydrazine groups is 1. The zero-order chi connectivity index (χ0) is 26.9. The van der Waals surface area contributed by atoms with Crippen molar-refractivity contribution in [3.63, 3.8) is 0 Å². The number of fused-ring (bicyclic) bond motifs is 1. The van der Waals surface area contributed by atoms with Gasteiger partial charge in [-0.15, -0.1) is 0 Å². The highest BCUT2D eigenvalue weighted by atomic mass is 19.1. The number of unbranched alkanes of at least 4 members (excludes halogenated alkanes) is 1. The van der Waals surface area contributed by atoms with Gasteiger partial charge >= 0.3 is 6.03 Å². The van der Waals surface area contributed by atoms with Crippen molar-refractivity contribution in [2.75, 3.05) is 44.4 Å². The number of nitrogens with two attached hydrogens (primary N) is 1. The van der Waals surface area contributed by atoms with Crippen molar-refractivity contribution in [3.05, 3.63) is 83.2 Å². The maximum absolute atomic E-state index is 13.1. The van der Waals surface area contributed by atoms with Gasteiger partial charge in [-0.1, -0.05) is 18.2 Å². The van der Waals surface area contributed by atoms with E-state index in [0.717, 1.165) is 61.2 Å². The monoisotopic (exact) mass is 517 g/mol. The highest BCUT2D eigenvalue weighted by molar-refractivity contribution is 6.01. The van der Waals surface area contributed by atoms with Crippen LogP contribution in [0.25, 0.3) is 11.1 Å². The van der Waals surface area contributed by atoms with Crippen LogP contribution in [0.15, 0.2) is 65.7 Å². The van der Waals surface area contributed by atoms with Crippen molar-refractivity contribution in [2.45, 2.75) is 25.8 Å². The van der Waals surface area contributed by atoms with E-state index in [2.05, 4.69) is 49.5 Å². The van der Waals surface area contributed by atoms with E-state index in [4.69, 9.17) is 5.84 Å². The maximum atomic E-state index is 13.1. The largest absolute Gasteiger partial charge is 0.384 e. The lowest BCUT2D eigenvalue weighted by molar-refractivity contribution is 0.251. The zero-order valence-electron chi connectivity index (χ0n) is 22.0. The smallest absolute Gasteiger partial charge is 0.319 e. The molecule has 9 heteroatoms. The number of carbonyl (C=O) groups excluding carboxylic acids is 1. The lowest BCUT2D eigenvalue weighted by atomic mass is 9.99. The minimum Gasteiger partial charge on any atom is -0.384 e. The second-order valence-corrected chi connectivity index (χ2v) is 9.52. The number of halogens is 1. The van der Waals surface area contributed by atoms with Gasteiger partial charge in [0.25, 0.3) is 0 Å². The fourth-order valence-electron chi connectivity index (χ4n) is 4.63. The Kier molecular flexibility index (Phi) is 9.29. The number of hydrogen-bond acceptors (Lipinski definition) is 5. The molecule has 0 aromatic heterocycles. The SMILES string of the molecule is CN=C(NN)c1cc(NC(=O)NCCCCN(C)Cc2ccc(F)cc2)cc(-c2ccc3c(c2)CCN3)c1. The molecule has 0 unspecified atom stereocenters. The summed E-state index contributed by atoms with van der Waals surface area (Å²) in [5.41, 5.74) is 9.63. The van der Waals surface area contributed by atoms with E-state index in [1.54, 1.807) is 19.2 Å². The van der Waals surface area contributed by atoms with Gasteiger partial charge in [-0.3, -0.25) is 4.99 Å². The number of carbonyl (C=O) groups is 1. The Morgan fingerprint density at radius 2 is 1.89 bits per heavy atom. The minimum absolute atomic E-state index is 0.223. The van der Waals surface area contributed by atoms with Crippen molar-refractivity contribution in [1.82, 2.24) is 15.6 Å². The molecule has 4 rings (SSSR count). The van der Waals surface area contributed by atoms with Crippen LogP contribution in [0.2, 0.25) is 0 Å². The number of urea groups is 1. The van der Waals surface area contributed by atoms with Crippen molar-refractivity contribution in [3.8, 4) is 11.1 Å². The highest BCUT2D eigenvalue weighted by Gasteiger charge is 2.14. The standard InChI is InChI=1S/C29H36FN7O/c1-32-28(36-31)24-16-23(21-7-10-27-22(15-21)11-13-33-27)17-26(18-24)35-29(38)34-12-3-4-14-37(2)19-20-5-8-25(30)9-6-20/h5-10,15-18,33H,3-4,11-14,19,31H2,1-2H3,(H,32,36)(H2,34,35,38). The Hall–Kier alpha value is -3.95.